The molecule has 2 unspecified atom stereocenters. The van der Waals surface area contributed by atoms with Gasteiger partial charge < -0.3 is 15.4 Å². The van der Waals surface area contributed by atoms with E-state index in [0.29, 0.717) is 4.47 Å². The van der Waals surface area contributed by atoms with E-state index >= 15 is 0 Å². The molecule has 1 aromatic carbocycles. The van der Waals surface area contributed by atoms with Crippen LogP contribution in [-0.4, -0.2) is 31.7 Å². The highest BCUT2D eigenvalue weighted by atomic mass is 79.9. The molecule has 1 saturated heterocycles. The second-order valence-corrected chi connectivity index (χ2v) is 4.94. The van der Waals surface area contributed by atoms with Crippen LogP contribution >= 0.6 is 15.9 Å². The highest BCUT2D eigenvalue weighted by Gasteiger charge is 2.33. The number of nitrogens with one attached hydrogen (secondary N) is 2. The van der Waals surface area contributed by atoms with Crippen LogP contribution in [0.3, 0.4) is 0 Å². The van der Waals surface area contributed by atoms with E-state index in [0.717, 1.165) is 13.0 Å². The topological polar surface area (TPSA) is 50.4 Å². The molecule has 0 aromatic heterocycles. The van der Waals surface area contributed by atoms with Crippen LogP contribution in [0, 0.1) is 5.82 Å². The summed E-state index contributed by atoms with van der Waals surface area (Å²) in [7, 11) is 1.57. The lowest BCUT2D eigenvalue weighted by Crippen LogP contribution is -2.43. The lowest BCUT2D eigenvalue weighted by molar-refractivity contribution is -0.120. The Hall–Kier alpha value is -0.980. The first-order valence-corrected chi connectivity index (χ1v) is 6.44. The van der Waals surface area contributed by atoms with E-state index in [4.69, 9.17) is 4.74 Å². The molecule has 1 aliphatic rings. The molecule has 18 heavy (non-hydrogen) atoms. The van der Waals surface area contributed by atoms with Crippen molar-refractivity contribution in [1.82, 2.24) is 5.32 Å². The van der Waals surface area contributed by atoms with Crippen molar-refractivity contribution in [1.29, 1.82) is 0 Å². The monoisotopic (exact) mass is 316 g/mol. The molecule has 0 radical (unpaired) electrons. The summed E-state index contributed by atoms with van der Waals surface area (Å²) < 4.78 is 19.2. The summed E-state index contributed by atoms with van der Waals surface area (Å²) >= 11 is 3.08. The van der Waals surface area contributed by atoms with Crippen LogP contribution in [0.2, 0.25) is 0 Å². The maximum Gasteiger partial charge on any atom is 0.244 e. The first kappa shape index (κ1) is 13.5. The Balaban J connectivity index is 2.09. The molecule has 4 nitrogen and oxygen atoms in total. The van der Waals surface area contributed by atoms with Gasteiger partial charge in [-0.25, -0.2) is 4.39 Å². The molecular formula is C12H14BrFN2O2. The number of rotatable bonds is 3. The highest BCUT2D eigenvalue weighted by molar-refractivity contribution is 9.10. The molecular weight excluding hydrogens is 303 g/mol. The minimum absolute atomic E-state index is 0.165. The average Bonchev–Trinajstić information content (AvgIpc) is 2.83. The number of carbonyl (C=O) groups excluding carboxylic acids is 1. The van der Waals surface area contributed by atoms with Crippen molar-refractivity contribution < 1.29 is 13.9 Å². The number of hydrogen-bond acceptors (Lipinski definition) is 3. The van der Waals surface area contributed by atoms with E-state index in [1.165, 1.54) is 6.07 Å². The standard InChI is InChI=1S/C12H14BrFN2O2/c1-18-9-5-6-15-11(9)12(17)16-8-4-2-3-7(13)10(8)14/h2-4,9,11,15H,5-6H2,1H3,(H,16,17). The van der Waals surface area contributed by atoms with Crippen molar-refractivity contribution in [2.24, 2.45) is 0 Å². The normalized spacial score (nSPS) is 23.1. The molecule has 1 aromatic rings. The van der Waals surface area contributed by atoms with Crippen LogP contribution < -0.4 is 10.6 Å². The summed E-state index contributed by atoms with van der Waals surface area (Å²) in [5, 5.41) is 5.61. The zero-order valence-corrected chi connectivity index (χ0v) is 11.5. The quantitative estimate of drug-likeness (QED) is 0.895. The fraction of sp³-hybridized carbons (Fsp3) is 0.417. The number of methoxy groups -OCH3 is 1. The lowest BCUT2D eigenvalue weighted by atomic mass is 10.1. The number of anilines is 1. The Morgan fingerprint density at radius 3 is 3.11 bits per heavy atom. The molecule has 1 aliphatic heterocycles. The Kier molecular flexibility index (Phi) is 4.31. The maximum absolute atomic E-state index is 13.7. The summed E-state index contributed by atoms with van der Waals surface area (Å²) in [6, 6.07) is 4.33. The number of benzene rings is 1. The Bertz CT molecular complexity index is 456. The lowest BCUT2D eigenvalue weighted by Gasteiger charge is -2.18. The Morgan fingerprint density at radius 1 is 1.61 bits per heavy atom. The van der Waals surface area contributed by atoms with Gasteiger partial charge in [0.1, 0.15) is 6.04 Å². The van der Waals surface area contributed by atoms with Crippen molar-refractivity contribution in [3.63, 3.8) is 0 Å². The van der Waals surface area contributed by atoms with Gasteiger partial charge in [0.15, 0.2) is 5.82 Å². The van der Waals surface area contributed by atoms with Crippen LogP contribution in [0.25, 0.3) is 0 Å². The minimum atomic E-state index is -0.474. The second-order valence-electron chi connectivity index (χ2n) is 4.09. The molecule has 6 heteroatoms. The van der Waals surface area contributed by atoms with Crippen LogP contribution in [0.5, 0.6) is 0 Å². The smallest absolute Gasteiger partial charge is 0.244 e. The average molecular weight is 317 g/mol. The van der Waals surface area contributed by atoms with E-state index in [9.17, 15) is 9.18 Å². The molecule has 1 heterocycles. The van der Waals surface area contributed by atoms with Crippen molar-refractivity contribution >= 4 is 27.5 Å². The van der Waals surface area contributed by atoms with Gasteiger partial charge in [-0.1, -0.05) is 6.07 Å². The van der Waals surface area contributed by atoms with E-state index in [-0.39, 0.29) is 17.7 Å². The predicted octanol–water partition coefficient (Wildman–Crippen LogP) is 1.90. The van der Waals surface area contributed by atoms with Gasteiger partial charge in [0.05, 0.1) is 16.3 Å². The fourth-order valence-electron chi connectivity index (χ4n) is 2.01. The van der Waals surface area contributed by atoms with Gasteiger partial charge in [-0.3, -0.25) is 4.79 Å². The Labute approximate surface area is 113 Å². The van der Waals surface area contributed by atoms with Crippen molar-refractivity contribution in [3.05, 3.63) is 28.5 Å². The van der Waals surface area contributed by atoms with Crippen molar-refractivity contribution in [2.45, 2.75) is 18.6 Å². The van der Waals surface area contributed by atoms with Gasteiger partial charge in [-0.05, 0) is 41.0 Å². The molecule has 98 valence electrons. The molecule has 1 amide bonds. The minimum Gasteiger partial charge on any atom is -0.379 e. The number of halogens is 2. The molecule has 1 fully saturated rings. The first-order chi connectivity index (χ1) is 8.63. The van der Waals surface area contributed by atoms with Crippen LogP contribution in [0.1, 0.15) is 6.42 Å². The van der Waals surface area contributed by atoms with E-state index < -0.39 is 11.9 Å². The second kappa shape index (κ2) is 5.77. The van der Waals surface area contributed by atoms with Gasteiger partial charge in [0.2, 0.25) is 5.91 Å². The summed E-state index contributed by atoms with van der Waals surface area (Å²) in [6.45, 7) is 0.720. The zero-order chi connectivity index (χ0) is 13.1. The maximum atomic E-state index is 13.7. The van der Waals surface area contributed by atoms with Crippen LogP contribution in [0.4, 0.5) is 10.1 Å². The van der Waals surface area contributed by atoms with Gasteiger partial charge in [0, 0.05) is 7.11 Å². The van der Waals surface area contributed by atoms with Crippen LogP contribution in [-0.2, 0) is 9.53 Å². The largest absolute Gasteiger partial charge is 0.379 e. The fourth-order valence-corrected chi connectivity index (χ4v) is 2.37. The van der Waals surface area contributed by atoms with Gasteiger partial charge >= 0.3 is 0 Å². The predicted molar refractivity (Wildman–Crippen MR) is 69.9 cm³/mol. The van der Waals surface area contributed by atoms with Gasteiger partial charge in [-0.2, -0.15) is 0 Å². The molecule has 2 rings (SSSR count). The van der Waals surface area contributed by atoms with E-state index in [1.54, 1.807) is 19.2 Å². The number of amides is 1. The third kappa shape index (κ3) is 2.71. The third-order valence-electron chi connectivity index (χ3n) is 2.96. The van der Waals surface area contributed by atoms with Gasteiger partial charge in [-0.15, -0.1) is 0 Å². The molecule has 0 spiro atoms. The Morgan fingerprint density at radius 2 is 2.39 bits per heavy atom. The van der Waals surface area contributed by atoms with Crippen molar-refractivity contribution in [2.75, 3.05) is 19.0 Å². The highest BCUT2D eigenvalue weighted by Crippen LogP contribution is 2.23. The molecule has 0 aliphatic carbocycles. The third-order valence-corrected chi connectivity index (χ3v) is 3.57. The molecule has 2 atom stereocenters. The number of hydrogen-bond donors (Lipinski definition) is 2. The SMILES string of the molecule is COC1CCNC1C(=O)Nc1cccc(Br)c1F. The van der Waals surface area contributed by atoms with Gasteiger partial charge in [0.25, 0.3) is 0 Å². The first-order valence-electron chi connectivity index (χ1n) is 5.64. The van der Waals surface area contributed by atoms with Crippen LogP contribution in [0.15, 0.2) is 22.7 Å². The van der Waals surface area contributed by atoms with E-state index in [1.807, 2.05) is 0 Å². The summed E-state index contributed by atoms with van der Waals surface area (Å²) in [5.41, 5.74) is 0.165. The number of carbonyl (C=O) groups is 1. The van der Waals surface area contributed by atoms with Crippen molar-refractivity contribution in [3.8, 4) is 0 Å². The summed E-state index contributed by atoms with van der Waals surface area (Å²) in [4.78, 5) is 12.0. The summed E-state index contributed by atoms with van der Waals surface area (Å²) in [5.74, 6) is -0.755. The molecule has 0 bridgehead atoms. The van der Waals surface area contributed by atoms with E-state index in [2.05, 4.69) is 26.6 Å². The molecule has 2 N–H and O–H groups in total. The molecule has 0 saturated carbocycles. The number of ether oxygens (including phenoxy) is 1. The summed E-state index contributed by atoms with van der Waals surface area (Å²) in [6.07, 6.45) is 0.607. The zero-order valence-electron chi connectivity index (χ0n) is 9.87.